The Morgan fingerprint density at radius 3 is 2.68 bits per heavy atom. The maximum atomic E-state index is 12.5. The van der Waals surface area contributed by atoms with Crippen LogP contribution < -0.4 is 5.32 Å². The first-order valence-electron chi connectivity index (χ1n) is 9.50. The van der Waals surface area contributed by atoms with Gasteiger partial charge in [-0.3, -0.25) is 9.59 Å². The molecule has 2 amide bonds. The lowest BCUT2D eigenvalue weighted by atomic mass is 10.0. The first-order chi connectivity index (χ1) is 13.6. The number of carbonyl (C=O) groups is 2. The maximum Gasteiger partial charge on any atom is 0.254 e. The van der Waals surface area contributed by atoms with Gasteiger partial charge < -0.3 is 10.2 Å². The van der Waals surface area contributed by atoms with Crippen molar-refractivity contribution in [1.29, 1.82) is 0 Å². The average molecular weight is 374 g/mol. The third kappa shape index (κ3) is 3.71. The lowest BCUT2D eigenvalue weighted by molar-refractivity contribution is -0.128. The molecule has 1 atom stereocenters. The van der Waals surface area contributed by atoms with Gasteiger partial charge in [0.05, 0.1) is 11.6 Å². The van der Waals surface area contributed by atoms with Crippen molar-refractivity contribution in [3.05, 3.63) is 71.8 Å². The molecule has 6 heteroatoms. The van der Waals surface area contributed by atoms with Crippen molar-refractivity contribution >= 4 is 22.6 Å². The summed E-state index contributed by atoms with van der Waals surface area (Å²) in [4.78, 5) is 35.0. The summed E-state index contributed by atoms with van der Waals surface area (Å²) in [5.41, 5.74) is 1.53. The minimum absolute atomic E-state index is 0.0517. The molecule has 3 aromatic rings. The second kappa shape index (κ2) is 7.76. The van der Waals surface area contributed by atoms with Gasteiger partial charge in [0.15, 0.2) is 0 Å². The minimum atomic E-state index is -0.243. The first kappa shape index (κ1) is 18.1. The average Bonchev–Trinajstić information content (AvgIpc) is 3.07. The first-order valence-corrected chi connectivity index (χ1v) is 9.50. The molecule has 1 unspecified atom stereocenters. The van der Waals surface area contributed by atoms with E-state index < -0.39 is 0 Å². The minimum Gasteiger partial charge on any atom is -0.347 e. The van der Waals surface area contributed by atoms with Crippen molar-refractivity contribution in [1.82, 2.24) is 20.2 Å². The van der Waals surface area contributed by atoms with Gasteiger partial charge in [-0.25, -0.2) is 9.97 Å². The fourth-order valence-electron chi connectivity index (χ4n) is 3.58. The van der Waals surface area contributed by atoms with E-state index in [4.69, 9.17) is 0 Å². The molecule has 1 fully saturated rings. The van der Waals surface area contributed by atoms with E-state index in [1.165, 1.54) is 12.4 Å². The number of rotatable bonds is 5. The standard InChI is InChI=1S/C22H22N4O2/c1-2-20-23-11-17(12-24-20)22(28)25-18-10-21(27)26(14-18)13-16-8-5-7-15-6-3-4-9-19(15)16/h3-9,11-12,18H,2,10,13-14H2,1H3,(H,25,28). The predicted molar refractivity (Wildman–Crippen MR) is 107 cm³/mol. The summed E-state index contributed by atoms with van der Waals surface area (Å²) in [5.74, 6) is 0.511. The van der Waals surface area contributed by atoms with Gasteiger partial charge in [-0.1, -0.05) is 49.4 Å². The molecule has 0 spiro atoms. The summed E-state index contributed by atoms with van der Waals surface area (Å²) in [6, 6.07) is 14.1. The van der Waals surface area contributed by atoms with Crippen LogP contribution >= 0.6 is 0 Å². The van der Waals surface area contributed by atoms with E-state index in [0.717, 1.165) is 22.8 Å². The van der Waals surface area contributed by atoms with E-state index in [1.807, 2.05) is 36.1 Å². The van der Waals surface area contributed by atoms with Gasteiger partial charge in [0.25, 0.3) is 5.91 Å². The Bertz CT molecular complexity index is 1010. The Balaban J connectivity index is 1.43. The molecule has 142 valence electrons. The van der Waals surface area contributed by atoms with Crippen molar-refractivity contribution in [2.75, 3.05) is 6.54 Å². The van der Waals surface area contributed by atoms with Gasteiger partial charge in [-0.05, 0) is 16.3 Å². The van der Waals surface area contributed by atoms with Gasteiger partial charge in [-0.2, -0.15) is 0 Å². The molecule has 6 nitrogen and oxygen atoms in total. The molecule has 2 heterocycles. The van der Waals surface area contributed by atoms with Crippen LogP contribution in [0.3, 0.4) is 0 Å². The van der Waals surface area contributed by atoms with Crippen LogP contribution in [-0.2, 0) is 17.8 Å². The van der Waals surface area contributed by atoms with Crippen LogP contribution in [-0.4, -0.2) is 39.3 Å². The highest BCUT2D eigenvalue weighted by Crippen LogP contribution is 2.22. The number of carbonyl (C=O) groups excluding carboxylic acids is 2. The lowest BCUT2D eigenvalue weighted by Crippen LogP contribution is -2.37. The Hall–Kier alpha value is -3.28. The summed E-state index contributed by atoms with van der Waals surface area (Å²) < 4.78 is 0. The highest BCUT2D eigenvalue weighted by atomic mass is 16.2. The van der Waals surface area contributed by atoms with Gasteiger partial charge in [0, 0.05) is 38.3 Å². The molecule has 1 aromatic heterocycles. The topological polar surface area (TPSA) is 75.2 Å². The number of aromatic nitrogens is 2. The summed E-state index contributed by atoms with van der Waals surface area (Å²) >= 11 is 0. The number of fused-ring (bicyclic) bond motifs is 1. The molecular formula is C22H22N4O2. The molecule has 2 aromatic carbocycles. The zero-order valence-corrected chi connectivity index (χ0v) is 15.8. The normalized spacial score (nSPS) is 16.5. The Morgan fingerprint density at radius 1 is 1.14 bits per heavy atom. The van der Waals surface area contributed by atoms with E-state index in [0.29, 0.717) is 30.9 Å². The van der Waals surface area contributed by atoms with E-state index in [1.54, 1.807) is 0 Å². The second-order valence-corrected chi connectivity index (χ2v) is 7.03. The molecule has 0 saturated carbocycles. The number of amides is 2. The van der Waals surface area contributed by atoms with Crippen LogP contribution in [0.2, 0.25) is 0 Å². The molecule has 0 bridgehead atoms. The highest BCUT2D eigenvalue weighted by Gasteiger charge is 2.31. The highest BCUT2D eigenvalue weighted by molar-refractivity contribution is 5.94. The van der Waals surface area contributed by atoms with E-state index in [-0.39, 0.29) is 17.9 Å². The smallest absolute Gasteiger partial charge is 0.254 e. The summed E-state index contributed by atoms with van der Waals surface area (Å²) in [6.07, 6.45) is 4.10. The molecule has 1 saturated heterocycles. The Labute approximate surface area is 163 Å². The van der Waals surface area contributed by atoms with Gasteiger partial charge >= 0.3 is 0 Å². The number of likely N-dealkylation sites (tertiary alicyclic amines) is 1. The fraction of sp³-hybridized carbons (Fsp3) is 0.273. The number of hydrogen-bond acceptors (Lipinski definition) is 4. The molecular weight excluding hydrogens is 352 g/mol. The summed E-state index contributed by atoms with van der Waals surface area (Å²) in [7, 11) is 0. The van der Waals surface area contributed by atoms with E-state index in [9.17, 15) is 9.59 Å². The van der Waals surface area contributed by atoms with Crippen molar-refractivity contribution < 1.29 is 9.59 Å². The zero-order chi connectivity index (χ0) is 19.5. The number of benzene rings is 2. The van der Waals surface area contributed by atoms with E-state index in [2.05, 4.69) is 33.5 Å². The molecule has 1 N–H and O–H groups in total. The number of nitrogens with one attached hydrogen (secondary N) is 1. The van der Waals surface area contributed by atoms with Gasteiger partial charge in [0.2, 0.25) is 5.91 Å². The molecule has 1 aliphatic heterocycles. The zero-order valence-electron chi connectivity index (χ0n) is 15.8. The lowest BCUT2D eigenvalue weighted by Gasteiger charge is -2.18. The van der Waals surface area contributed by atoms with Crippen LogP contribution in [0, 0.1) is 0 Å². The molecule has 28 heavy (non-hydrogen) atoms. The SMILES string of the molecule is CCc1ncc(C(=O)NC2CC(=O)N(Cc3cccc4ccccc34)C2)cn1. The molecule has 4 rings (SSSR count). The van der Waals surface area contributed by atoms with Crippen LogP contribution in [0.1, 0.15) is 35.1 Å². The summed E-state index contributed by atoms with van der Waals surface area (Å²) in [5, 5.41) is 5.25. The van der Waals surface area contributed by atoms with E-state index >= 15 is 0 Å². The quantitative estimate of drug-likeness (QED) is 0.745. The maximum absolute atomic E-state index is 12.5. The van der Waals surface area contributed by atoms with Gasteiger partial charge in [0.1, 0.15) is 5.82 Å². The fourth-order valence-corrected chi connectivity index (χ4v) is 3.58. The Morgan fingerprint density at radius 2 is 1.89 bits per heavy atom. The van der Waals surface area contributed by atoms with Crippen LogP contribution in [0.15, 0.2) is 54.9 Å². The predicted octanol–water partition coefficient (Wildman–Crippen LogP) is 2.72. The second-order valence-electron chi connectivity index (χ2n) is 7.03. The van der Waals surface area contributed by atoms with Crippen molar-refractivity contribution in [2.24, 2.45) is 0 Å². The molecule has 1 aliphatic rings. The molecule has 0 aliphatic carbocycles. The number of nitrogens with zero attached hydrogens (tertiary/aromatic N) is 3. The summed E-state index contributed by atoms with van der Waals surface area (Å²) in [6.45, 7) is 3.01. The monoisotopic (exact) mass is 374 g/mol. The Kier molecular flexibility index (Phi) is 5.02. The largest absolute Gasteiger partial charge is 0.347 e. The van der Waals surface area contributed by atoms with Crippen LogP contribution in [0.25, 0.3) is 10.8 Å². The molecule has 0 radical (unpaired) electrons. The third-order valence-corrected chi connectivity index (χ3v) is 5.07. The van der Waals surface area contributed by atoms with Crippen LogP contribution in [0.5, 0.6) is 0 Å². The number of aryl methyl sites for hydroxylation is 1. The van der Waals surface area contributed by atoms with Gasteiger partial charge in [-0.15, -0.1) is 0 Å². The van der Waals surface area contributed by atoms with Crippen molar-refractivity contribution in [2.45, 2.75) is 32.4 Å². The number of hydrogen-bond donors (Lipinski definition) is 1. The van der Waals surface area contributed by atoms with Crippen LogP contribution in [0.4, 0.5) is 0 Å². The van der Waals surface area contributed by atoms with Crippen molar-refractivity contribution in [3.63, 3.8) is 0 Å². The van der Waals surface area contributed by atoms with Crippen molar-refractivity contribution in [3.8, 4) is 0 Å². The third-order valence-electron chi connectivity index (χ3n) is 5.07.